The fraction of sp³-hybridized carbons (Fsp3) is 0.625. The zero-order valence-electron chi connectivity index (χ0n) is 13.3. The Morgan fingerprint density at radius 3 is 2.11 bits per heavy atom. The smallest absolute Gasteiger partial charge is 0.0388 e. The second-order valence-corrected chi connectivity index (χ2v) is 5.50. The summed E-state index contributed by atoms with van der Waals surface area (Å²) in [5.41, 5.74) is 2.64. The van der Waals surface area contributed by atoms with Gasteiger partial charge in [-0.3, -0.25) is 0 Å². The molecule has 108 valence electrons. The number of likely N-dealkylation sites (N-methyl/N-ethyl adjacent to an activating group) is 2. The number of hydrogen-bond acceptors (Lipinski definition) is 3. The first-order chi connectivity index (χ1) is 8.99. The van der Waals surface area contributed by atoms with E-state index in [0.717, 1.165) is 13.1 Å². The molecule has 0 heterocycles. The van der Waals surface area contributed by atoms with Crippen molar-refractivity contribution in [1.82, 2.24) is 10.2 Å². The van der Waals surface area contributed by atoms with E-state index in [9.17, 15) is 0 Å². The first-order valence-electron chi connectivity index (χ1n) is 7.18. The van der Waals surface area contributed by atoms with Crippen LogP contribution >= 0.6 is 0 Å². The van der Waals surface area contributed by atoms with Crippen molar-refractivity contribution in [3.05, 3.63) is 29.8 Å². The van der Waals surface area contributed by atoms with E-state index in [1.54, 1.807) is 0 Å². The number of nitrogens with one attached hydrogen (secondary N) is 1. The molecule has 0 radical (unpaired) electrons. The summed E-state index contributed by atoms with van der Waals surface area (Å²) in [5.74, 6) is 0. The highest BCUT2D eigenvalue weighted by molar-refractivity contribution is 5.48. The van der Waals surface area contributed by atoms with E-state index < -0.39 is 0 Å². The highest BCUT2D eigenvalue weighted by Crippen LogP contribution is 2.20. The van der Waals surface area contributed by atoms with Crippen LogP contribution in [-0.4, -0.2) is 45.2 Å². The molecule has 0 bridgehead atoms. The molecule has 0 fully saturated rings. The Balaban J connectivity index is 2.81. The van der Waals surface area contributed by atoms with E-state index >= 15 is 0 Å². The monoisotopic (exact) mass is 263 g/mol. The lowest BCUT2D eigenvalue weighted by Gasteiger charge is -2.32. The molecule has 0 aliphatic carbocycles. The lowest BCUT2D eigenvalue weighted by Crippen LogP contribution is -2.40. The zero-order chi connectivity index (χ0) is 14.4. The molecule has 3 nitrogen and oxygen atoms in total. The van der Waals surface area contributed by atoms with Gasteiger partial charge in [-0.2, -0.15) is 0 Å². The van der Waals surface area contributed by atoms with Crippen molar-refractivity contribution in [2.45, 2.75) is 32.9 Å². The van der Waals surface area contributed by atoms with Gasteiger partial charge in [-0.15, -0.1) is 0 Å². The number of hydrogen-bond donors (Lipinski definition) is 1. The van der Waals surface area contributed by atoms with Crippen molar-refractivity contribution in [3.63, 3.8) is 0 Å². The van der Waals surface area contributed by atoms with E-state index in [-0.39, 0.29) is 0 Å². The predicted molar refractivity (Wildman–Crippen MR) is 85.0 cm³/mol. The van der Waals surface area contributed by atoms with Crippen molar-refractivity contribution < 1.29 is 0 Å². The molecule has 0 saturated heterocycles. The average Bonchev–Trinajstić information content (AvgIpc) is 2.38. The van der Waals surface area contributed by atoms with Gasteiger partial charge in [0.05, 0.1) is 0 Å². The van der Waals surface area contributed by atoms with Crippen LogP contribution < -0.4 is 10.2 Å². The van der Waals surface area contributed by atoms with Crippen LogP contribution in [0.4, 0.5) is 5.69 Å². The third kappa shape index (κ3) is 4.51. The summed E-state index contributed by atoms with van der Waals surface area (Å²) in [7, 11) is 6.25. The molecule has 0 aromatic heterocycles. The molecule has 1 aromatic carbocycles. The highest BCUT2D eigenvalue weighted by atomic mass is 15.2. The van der Waals surface area contributed by atoms with Crippen LogP contribution in [0, 0.1) is 0 Å². The molecular formula is C16H29N3. The van der Waals surface area contributed by atoms with Crippen LogP contribution in [0.5, 0.6) is 0 Å². The van der Waals surface area contributed by atoms with Crippen molar-refractivity contribution in [3.8, 4) is 0 Å². The lowest BCUT2D eigenvalue weighted by molar-refractivity contribution is 0.373. The van der Waals surface area contributed by atoms with Gasteiger partial charge in [0, 0.05) is 30.9 Å². The van der Waals surface area contributed by atoms with Gasteiger partial charge in [0.1, 0.15) is 0 Å². The second kappa shape index (κ2) is 7.51. The largest absolute Gasteiger partial charge is 0.368 e. The van der Waals surface area contributed by atoms with Gasteiger partial charge in [0.2, 0.25) is 0 Å². The van der Waals surface area contributed by atoms with Crippen LogP contribution in [0.25, 0.3) is 0 Å². The van der Waals surface area contributed by atoms with E-state index in [2.05, 4.69) is 74.2 Å². The predicted octanol–water partition coefficient (Wildman–Crippen LogP) is 2.74. The molecule has 0 saturated carbocycles. The Morgan fingerprint density at radius 1 is 1.11 bits per heavy atom. The van der Waals surface area contributed by atoms with Gasteiger partial charge in [0.25, 0.3) is 0 Å². The summed E-state index contributed by atoms with van der Waals surface area (Å²) >= 11 is 0. The van der Waals surface area contributed by atoms with Crippen molar-refractivity contribution in [1.29, 1.82) is 0 Å². The number of rotatable bonds is 7. The van der Waals surface area contributed by atoms with Gasteiger partial charge in [-0.05, 0) is 59.6 Å². The molecule has 1 aromatic rings. The normalized spacial score (nSPS) is 14.5. The minimum Gasteiger partial charge on any atom is -0.368 e. The summed E-state index contributed by atoms with van der Waals surface area (Å²) in [5, 5.41) is 3.27. The number of nitrogens with zero attached hydrogens (tertiary/aromatic N) is 2. The molecule has 19 heavy (non-hydrogen) atoms. The first kappa shape index (κ1) is 16.0. The zero-order valence-corrected chi connectivity index (χ0v) is 13.3. The fourth-order valence-corrected chi connectivity index (χ4v) is 2.50. The molecule has 0 amide bonds. The minimum absolute atomic E-state index is 0.406. The number of anilines is 1. The molecule has 3 heteroatoms. The lowest BCUT2D eigenvalue weighted by atomic mass is 10.1. The van der Waals surface area contributed by atoms with Crippen LogP contribution in [0.3, 0.4) is 0 Å². The third-order valence-corrected chi connectivity index (χ3v) is 3.66. The SMILES string of the molecule is CCN(c1ccc(C(C)NC)cc1)C(C)CN(C)C. The quantitative estimate of drug-likeness (QED) is 0.816. The molecule has 0 spiro atoms. The maximum absolute atomic E-state index is 3.27. The summed E-state index contributed by atoms with van der Waals surface area (Å²) in [6, 6.07) is 9.84. The Labute approximate surface area is 118 Å². The third-order valence-electron chi connectivity index (χ3n) is 3.66. The second-order valence-electron chi connectivity index (χ2n) is 5.50. The fourth-order valence-electron chi connectivity index (χ4n) is 2.50. The van der Waals surface area contributed by atoms with E-state index in [4.69, 9.17) is 0 Å². The maximum Gasteiger partial charge on any atom is 0.0388 e. The molecular weight excluding hydrogens is 234 g/mol. The van der Waals surface area contributed by atoms with Gasteiger partial charge in [-0.1, -0.05) is 12.1 Å². The molecule has 2 atom stereocenters. The Morgan fingerprint density at radius 2 is 1.68 bits per heavy atom. The summed E-state index contributed by atoms with van der Waals surface area (Å²) < 4.78 is 0. The van der Waals surface area contributed by atoms with Crippen LogP contribution in [-0.2, 0) is 0 Å². The van der Waals surface area contributed by atoms with E-state index in [1.807, 2.05) is 7.05 Å². The average molecular weight is 263 g/mol. The summed E-state index contributed by atoms with van der Waals surface area (Å²) in [4.78, 5) is 4.69. The maximum atomic E-state index is 3.27. The van der Waals surface area contributed by atoms with Crippen molar-refractivity contribution in [2.75, 3.05) is 39.1 Å². The summed E-state index contributed by atoms with van der Waals surface area (Å²) in [6.45, 7) is 8.80. The molecule has 0 aliphatic rings. The molecule has 1 N–H and O–H groups in total. The van der Waals surface area contributed by atoms with Crippen LogP contribution in [0.2, 0.25) is 0 Å². The number of benzene rings is 1. The van der Waals surface area contributed by atoms with Gasteiger partial charge in [0.15, 0.2) is 0 Å². The minimum atomic E-state index is 0.406. The summed E-state index contributed by atoms with van der Waals surface area (Å²) in [6.07, 6.45) is 0. The van der Waals surface area contributed by atoms with Crippen LogP contribution in [0.1, 0.15) is 32.4 Å². The van der Waals surface area contributed by atoms with Gasteiger partial charge in [-0.25, -0.2) is 0 Å². The van der Waals surface area contributed by atoms with Crippen LogP contribution in [0.15, 0.2) is 24.3 Å². The topological polar surface area (TPSA) is 18.5 Å². The van der Waals surface area contributed by atoms with E-state index in [0.29, 0.717) is 12.1 Å². The van der Waals surface area contributed by atoms with Gasteiger partial charge < -0.3 is 15.1 Å². The standard InChI is InChI=1S/C16H29N3/c1-7-19(13(2)12-18(5)6)16-10-8-15(9-11-16)14(3)17-4/h8-11,13-14,17H,7,12H2,1-6H3. The highest BCUT2D eigenvalue weighted by Gasteiger charge is 2.13. The Bertz CT molecular complexity index is 359. The Hall–Kier alpha value is -1.06. The van der Waals surface area contributed by atoms with Gasteiger partial charge >= 0.3 is 0 Å². The molecule has 0 aliphatic heterocycles. The van der Waals surface area contributed by atoms with E-state index in [1.165, 1.54) is 11.3 Å². The van der Waals surface area contributed by atoms with Crippen molar-refractivity contribution >= 4 is 5.69 Å². The van der Waals surface area contributed by atoms with Crippen molar-refractivity contribution in [2.24, 2.45) is 0 Å². The Kier molecular flexibility index (Phi) is 6.32. The first-order valence-corrected chi connectivity index (χ1v) is 7.18. The molecule has 1 rings (SSSR count). The molecule has 2 unspecified atom stereocenters.